The lowest BCUT2D eigenvalue weighted by Gasteiger charge is -2.13. The van der Waals surface area contributed by atoms with Crippen molar-refractivity contribution in [2.75, 3.05) is 0 Å². The largest absolute Gasteiger partial charge is 0.349 e. The Morgan fingerprint density at radius 2 is 1.88 bits per heavy atom. The van der Waals surface area contributed by atoms with Gasteiger partial charge in [0.05, 0.1) is 17.4 Å². The van der Waals surface area contributed by atoms with Crippen molar-refractivity contribution in [3.63, 3.8) is 0 Å². The molecule has 0 spiro atoms. The molecule has 3 aromatic rings. The fraction of sp³-hybridized carbons (Fsp3) is 0.200. The molecule has 1 aromatic heterocycles. The zero-order valence-electron chi connectivity index (χ0n) is 14.0. The van der Waals surface area contributed by atoms with Gasteiger partial charge in [-0.3, -0.25) is 4.79 Å². The summed E-state index contributed by atoms with van der Waals surface area (Å²) < 4.78 is 1.67. The summed E-state index contributed by atoms with van der Waals surface area (Å²) in [5.41, 5.74) is 2.68. The third-order valence-corrected chi connectivity index (χ3v) is 4.27. The maximum absolute atomic E-state index is 12.4. The third kappa shape index (κ3) is 4.70. The van der Waals surface area contributed by atoms with Gasteiger partial charge in [0, 0.05) is 17.3 Å². The van der Waals surface area contributed by atoms with Crippen LogP contribution in [-0.4, -0.2) is 21.7 Å². The van der Waals surface area contributed by atoms with Crippen LogP contribution in [0.25, 0.3) is 5.69 Å². The molecule has 1 N–H and O–H groups in total. The second-order valence-electron chi connectivity index (χ2n) is 6.05. The maximum Gasteiger partial charge on any atom is 0.254 e. The number of nitrogens with one attached hydrogen (secondary N) is 1. The number of nitrogens with zero attached hydrogens (tertiary/aromatic N) is 2. The van der Waals surface area contributed by atoms with Gasteiger partial charge < -0.3 is 5.32 Å². The van der Waals surface area contributed by atoms with E-state index in [4.69, 9.17) is 11.6 Å². The molecule has 0 aliphatic rings. The summed E-state index contributed by atoms with van der Waals surface area (Å²) in [4.78, 5) is 12.4. The molecule has 1 amide bonds. The van der Waals surface area contributed by atoms with Crippen LogP contribution in [0.1, 0.15) is 29.3 Å². The molecule has 0 saturated heterocycles. The number of benzene rings is 2. The maximum atomic E-state index is 12.4. The van der Waals surface area contributed by atoms with E-state index in [-0.39, 0.29) is 11.9 Å². The van der Waals surface area contributed by atoms with E-state index in [9.17, 15) is 4.79 Å². The van der Waals surface area contributed by atoms with Gasteiger partial charge in [0.2, 0.25) is 0 Å². The lowest BCUT2D eigenvalue weighted by atomic mass is 10.1. The number of rotatable bonds is 6. The van der Waals surface area contributed by atoms with Crippen molar-refractivity contribution in [3.8, 4) is 5.69 Å². The smallest absolute Gasteiger partial charge is 0.254 e. The van der Waals surface area contributed by atoms with E-state index in [0.717, 1.165) is 18.5 Å². The van der Waals surface area contributed by atoms with Crippen LogP contribution >= 0.6 is 11.6 Å². The van der Waals surface area contributed by atoms with Gasteiger partial charge in [-0.15, -0.1) is 0 Å². The van der Waals surface area contributed by atoms with Crippen LogP contribution in [0.2, 0.25) is 5.02 Å². The molecule has 1 atom stereocenters. The van der Waals surface area contributed by atoms with Crippen molar-refractivity contribution in [1.29, 1.82) is 0 Å². The highest BCUT2D eigenvalue weighted by Crippen LogP contribution is 2.13. The van der Waals surface area contributed by atoms with Gasteiger partial charge in [0.25, 0.3) is 5.91 Å². The summed E-state index contributed by atoms with van der Waals surface area (Å²) in [5.74, 6) is -0.110. The van der Waals surface area contributed by atoms with E-state index < -0.39 is 0 Å². The Morgan fingerprint density at radius 3 is 2.60 bits per heavy atom. The molecule has 0 saturated carbocycles. The van der Waals surface area contributed by atoms with Crippen LogP contribution in [-0.2, 0) is 6.42 Å². The SMILES string of the molecule is C[C@H](CCc1ccccc1)NC(=O)c1cnn(-c2ccc(Cl)cc2)c1. The van der Waals surface area contributed by atoms with Crippen LogP contribution in [0.4, 0.5) is 0 Å². The Kier molecular flexibility index (Phi) is 5.51. The van der Waals surface area contributed by atoms with Crippen molar-refractivity contribution in [2.45, 2.75) is 25.8 Å². The second-order valence-corrected chi connectivity index (χ2v) is 6.49. The number of hydrogen-bond donors (Lipinski definition) is 1. The number of carbonyl (C=O) groups is 1. The van der Waals surface area contributed by atoms with Gasteiger partial charge in [0.15, 0.2) is 0 Å². The van der Waals surface area contributed by atoms with Gasteiger partial charge >= 0.3 is 0 Å². The minimum atomic E-state index is -0.110. The molecule has 0 fully saturated rings. The first-order valence-corrected chi connectivity index (χ1v) is 8.65. The monoisotopic (exact) mass is 353 g/mol. The standard InChI is InChI=1S/C20H20ClN3O/c1-15(7-8-16-5-3-2-4-6-16)23-20(25)17-13-22-24(14-17)19-11-9-18(21)10-12-19/h2-6,9-15H,7-8H2,1H3,(H,23,25)/t15-/m1/s1. The zero-order valence-corrected chi connectivity index (χ0v) is 14.8. The highest BCUT2D eigenvalue weighted by molar-refractivity contribution is 6.30. The molecule has 1 heterocycles. The first kappa shape index (κ1) is 17.2. The zero-order chi connectivity index (χ0) is 17.6. The van der Waals surface area contributed by atoms with Gasteiger partial charge in [-0.1, -0.05) is 41.9 Å². The van der Waals surface area contributed by atoms with Crippen LogP contribution in [0, 0.1) is 0 Å². The molecule has 2 aromatic carbocycles. The lowest BCUT2D eigenvalue weighted by molar-refractivity contribution is 0.0938. The number of halogens is 1. The van der Waals surface area contributed by atoms with Crippen molar-refractivity contribution >= 4 is 17.5 Å². The molecule has 3 rings (SSSR count). The fourth-order valence-corrected chi connectivity index (χ4v) is 2.71. The van der Waals surface area contributed by atoms with E-state index >= 15 is 0 Å². The first-order chi connectivity index (χ1) is 12.1. The molecule has 5 heteroatoms. The molecule has 25 heavy (non-hydrogen) atoms. The summed E-state index contributed by atoms with van der Waals surface area (Å²) in [6.07, 6.45) is 5.13. The minimum absolute atomic E-state index is 0.0894. The minimum Gasteiger partial charge on any atom is -0.349 e. The Hall–Kier alpha value is -2.59. The molecule has 4 nitrogen and oxygen atoms in total. The van der Waals surface area contributed by atoms with Crippen molar-refractivity contribution in [2.24, 2.45) is 0 Å². The molecular weight excluding hydrogens is 334 g/mol. The van der Waals surface area contributed by atoms with E-state index in [2.05, 4.69) is 22.5 Å². The Balaban J connectivity index is 1.57. The highest BCUT2D eigenvalue weighted by atomic mass is 35.5. The van der Waals surface area contributed by atoms with E-state index in [0.29, 0.717) is 10.6 Å². The van der Waals surface area contributed by atoms with Gasteiger partial charge in [-0.05, 0) is 49.6 Å². The van der Waals surface area contributed by atoms with E-state index in [1.807, 2.05) is 37.3 Å². The first-order valence-electron chi connectivity index (χ1n) is 8.27. The van der Waals surface area contributed by atoms with Gasteiger partial charge in [-0.25, -0.2) is 4.68 Å². The summed E-state index contributed by atoms with van der Waals surface area (Å²) in [6.45, 7) is 2.02. The summed E-state index contributed by atoms with van der Waals surface area (Å²) in [7, 11) is 0. The topological polar surface area (TPSA) is 46.9 Å². The normalized spacial score (nSPS) is 11.9. The average molecular weight is 354 g/mol. The third-order valence-electron chi connectivity index (χ3n) is 4.02. The Bertz CT molecular complexity index is 828. The number of aryl methyl sites for hydroxylation is 1. The van der Waals surface area contributed by atoms with E-state index in [1.165, 1.54) is 5.56 Å². The number of amides is 1. The van der Waals surface area contributed by atoms with Crippen LogP contribution in [0.3, 0.4) is 0 Å². The number of carbonyl (C=O) groups excluding carboxylic acids is 1. The quantitative estimate of drug-likeness (QED) is 0.719. The lowest BCUT2D eigenvalue weighted by Crippen LogP contribution is -2.32. The molecule has 0 aliphatic carbocycles. The fourth-order valence-electron chi connectivity index (χ4n) is 2.58. The Morgan fingerprint density at radius 1 is 1.16 bits per heavy atom. The van der Waals surface area contributed by atoms with Crippen LogP contribution < -0.4 is 5.32 Å². The number of aromatic nitrogens is 2. The van der Waals surface area contributed by atoms with Gasteiger partial charge in [0.1, 0.15) is 0 Å². The Labute approximate surface area is 152 Å². The summed E-state index contributed by atoms with van der Waals surface area (Å²) in [6, 6.07) is 17.7. The molecule has 0 radical (unpaired) electrons. The van der Waals surface area contributed by atoms with Crippen LogP contribution in [0.15, 0.2) is 67.0 Å². The van der Waals surface area contributed by atoms with Gasteiger partial charge in [-0.2, -0.15) is 5.10 Å². The molecular formula is C20H20ClN3O. The molecule has 128 valence electrons. The van der Waals surface area contributed by atoms with Crippen molar-refractivity contribution in [3.05, 3.63) is 83.1 Å². The van der Waals surface area contributed by atoms with Crippen molar-refractivity contribution < 1.29 is 4.79 Å². The van der Waals surface area contributed by atoms with Crippen molar-refractivity contribution in [1.82, 2.24) is 15.1 Å². The predicted octanol–water partition coefficient (Wildman–Crippen LogP) is 4.28. The average Bonchev–Trinajstić information content (AvgIpc) is 3.12. The summed E-state index contributed by atoms with van der Waals surface area (Å²) >= 11 is 5.89. The molecule has 0 aliphatic heterocycles. The summed E-state index contributed by atoms with van der Waals surface area (Å²) in [5, 5.41) is 7.95. The predicted molar refractivity (Wildman–Crippen MR) is 100 cm³/mol. The highest BCUT2D eigenvalue weighted by Gasteiger charge is 2.12. The van der Waals surface area contributed by atoms with E-state index in [1.54, 1.807) is 29.2 Å². The van der Waals surface area contributed by atoms with Crippen LogP contribution in [0.5, 0.6) is 0 Å². The molecule has 0 unspecified atom stereocenters. The number of hydrogen-bond acceptors (Lipinski definition) is 2. The molecule has 0 bridgehead atoms. The second kappa shape index (κ2) is 7.99.